The molecule has 26 heavy (non-hydrogen) atoms. The smallest absolute Gasteiger partial charge is 0.367 e. The van der Waals surface area contributed by atoms with E-state index in [9.17, 15) is 19.2 Å². The molecule has 0 aliphatic carbocycles. The molecule has 11 nitrogen and oxygen atoms in total. The fraction of sp³-hybridized carbons (Fsp3) is 0.400. The van der Waals surface area contributed by atoms with Gasteiger partial charge < -0.3 is 20.9 Å². The standard InChI is InChI=1S/C15H17N7O4/c16-12(23)11-2-1-3-22(11)14(25)9(4-8-5-17-7-19-8)20-13(24)10-6-18-15(26)21-10/h5-7,9,11H,1-4H2,(H2,16,23)(H,17,19)(H,20,24)/t9-,11-/m0/s1. The monoisotopic (exact) mass is 359 g/mol. The lowest BCUT2D eigenvalue weighted by Gasteiger charge is -2.27. The van der Waals surface area contributed by atoms with Crippen LogP contribution in [-0.4, -0.2) is 69.2 Å². The number of H-pyrrole nitrogens is 1. The minimum absolute atomic E-state index is 0.130. The lowest BCUT2D eigenvalue weighted by Crippen LogP contribution is -2.54. The van der Waals surface area contributed by atoms with Crippen LogP contribution in [0.1, 0.15) is 18.5 Å². The van der Waals surface area contributed by atoms with Gasteiger partial charge in [0.05, 0.1) is 12.5 Å². The zero-order valence-corrected chi connectivity index (χ0v) is 13.7. The summed E-state index contributed by atoms with van der Waals surface area (Å²) in [5, 5.41) is 2.55. The van der Waals surface area contributed by atoms with Gasteiger partial charge in [-0.15, -0.1) is 0 Å². The molecular formula is C15H17N7O4. The molecule has 2 atom stereocenters. The van der Waals surface area contributed by atoms with Crippen LogP contribution in [0.4, 0.5) is 4.79 Å². The van der Waals surface area contributed by atoms with Crippen LogP contribution in [0.5, 0.6) is 0 Å². The van der Waals surface area contributed by atoms with Gasteiger partial charge in [-0.2, -0.15) is 9.98 Å². The van der Waals surface area contributed by atoms with Gasteiger partial charge in [-0.05, 0) is 12.8 Å². The van der Waals surface area contributed by atoms with E-state index in [4.69, 9.17) is 5.73 Å². The third kappa shape index (κ3) is 3.66. The second-order valence-electron chi connectivity index (χ2n) is 5.94. The van der Waals surface area contributed by atoms with Crippen LogP contribution in [0.3, 0.4) is 0 Å². The first-order valence-electron chi connectivity index (χ1n) is 8.00. The number of carbonyl (C=O) groups excluding carboxylic acids is 4. The maximum Gasteiger partial charge on any atom is 0.367 e. The largest absolute Gasteiger partial charge is 0.368 e. The average Bonchev–Trinajstić information content (AvgIpc) is 3.34. The van der Waals surface area contributed by atoms with Crippen molar-refractivity contribution in [3.05, 3.63) is 18.2 Å². The van der Waals surface area contributed by atoms with Crippen molar-refractivity contribution in [2.45, 2.75) is 31.3 Å². The van der Waals surface area contributed by atoms with Crippen molar-refractivity contribution in [1.29, 1.82) is 0 Å². The number of carbonyl (C=O) groups is 4. The van der Waals surface area contributed by atoms with E-state index in [0.717, 1.165) is 6.21 Å². The number of nitrogens with two attached hydrogens (primary N) is 1. The highest BCUT2D eigenvalue weighted by Crippen LogP contribution is 2.19. The van der Waals surface area contributed by atoms with Gasteiger partial charge in [-0.3, -0.25) is 14.4 Å². The number of nitrogens with one attached hydrogen (secondary N) is 2. The third-order valence-electron chi connectivity index (χ3n) is 4.19. The molecule has 0 bridgehead atoms. The second-order valence-corrected chi connectivity index (χ2v) is 5.94. The summed E-state index contributed by atoms with van der Waals surface area (Å²) in [6, 6.07) is -2.45. The van der Waals surface area contributed by atoms with Crippen LogP contribution in [-0.2, 0) is 20.8 Å². The average molecular weight is 359 g/mol. The molecule has 0 radical (unpaired) electrons. The SMILES string of the molecule is NC(=O)[C@@H]1CCCN1C(=O)[C@H](Cc1cnc[nH]1)NC(=O)C1=NC(=O)N=C1. The summed E-state index contributed by atoms with van der Waals surface area (Å²) in [5.41, 5.74) is 5.81. The normalized spacial score (nSPS) is 20.2. The summed E-state index contributed by atoms with van der Waals surface area (Å²) >= 11 is 0. The molecule has 0 spiro atoms. The molecule has 0 unspecified atom stereocenters. The minimum Gasteiger partial charge on any atom is -0.368 e. The van der Waals surface area contributed by atoms with E-state index in [1.165, 1.54) is 17.4 Å². The Kier molecular flexibility index (Phi) is 4.87. The summed E-state index contributed by atoms with van der Waals surface area (Å²) < 4.78 is 0. The number of aliphatic imine (C=N–C) groups is 2. The summed E-state index contributed by atoms with van der Waals surface area (Å²) in [6.07, 6.45) is 5.28. The zero-order chi connectivity index (χ0) is 18.7. The van der Waals surface area contributed by atoms with Crippen LogP contribution >= 0.6 is 0 Å². The Labute approximate surface area is 147 Å². The Bertz CT molecular complexity index is 799. The van der Waals surface area contributed by atoms with Gasteiger partial charge in [-0.1, -0.05) is 0 Å². The van der Waals surface area contributed by atoms with Gasteiger partial charge in [0.25, 0.3) is 5.91 Å². The van der Waals surface area contributed by atoms with E-state index in [1.807, 2.05) is 0 Å². The van der Waals surface area contributed by atoms with E-state index in [2.05, 4.69) is 25.3 Å². The third-order valence-corrected chi connectivity index (χ3v) is 4.19. The number of amides is 5. The number of rotatable bonds is 6. The first-order chi connectivity index (χ1) is 12.5. The molecule has 1 fully saturated rings. The number of urea groups is 1. The Morgan fingerprint density at radius 1 is 1.42 bits per heavy atom. The van der Waals surface area contributed by atoms with Crippen molar-refractivity contribution in [2.75, 3.05) is 6.54 Å². The van der Waals surface area contributed by atoms with Crippen molar-refractivity contribution in [3.8, 4) is 0 Å². The molecule has 1 aromatic heterocycles. The molecule has 136 valence electrons. The van der Waals surface area contributed by atoms with E-state index in [1.54, 1.807) is 0 Å². The van der Waals surface area contributed by atoms with Crippen LogP contribution in [0, 0.1) is 0 Å². The Balaban J connectivity index is 1.78. The van der Waals surface area contributed by atoms with Gasteiger partial charge >= 0.3 is 6.03 Å². The van der Waals surface area contributed by atoms with Gasteiger partial charge in [-0.25, -0.2) is 9.78 Å². The maximum atomic E-state index is 12.9. The number of imidazole rings is 1. The number of aromatic nitrogens is 2. The van der Waals surface area contributed by atoms with E-state index >= 15 is 0 Å². The predicted octanol–water partition coefficient (Wildman–Crippen LogP) is -1.44. The molecule has 1 saturated heterocycles. The van der Waals surface area contributed by atoms with Crippen LogP contribution in [0.15, 0.2) is 22.5 Å². The zero-order valence-electron chi connectivity index (χ0n) is 13.7. The van der Waals surface area contributed by atoms with Crippen molar-refractivity contribution in [3.63, 3.8) is 0 Å². The summed E-state index contributed by atoms with van der Waals surface area (Å²) in [7, 11) is 0. The van der Waals surface area contributed by atoms with Gasteiger partial charge in [0, 0.05) is 24.9 Å². The molecule has 0 aromatic carbocycles. The van der Waals surface area contributed by atoms with E-state index in [-0.39, 0.29) is 12.1 Å². The number of likely N-dealkylation sites (tertiary alicyclic amines) is 1. The van der Waals surface area contributed by atoms with E-state index in [0.29, 0.717) is 25.1 Å². The number of primary amides is 1. The van der Waals surface area contributed by atoms with Gasteiger partial charge in [0.15, 0.2) is 5.71 Å². The molecule has 3 heterocycles. The number of nitrogens with zero attached hydrogens (tertiary/aromatic N) is 4. The number of hydrogen-bond donors (Lipinski definition) is 3. The molecule has 2 aliphatic rings. The summed E-state index contributed by atoms with van der Waals surface area (Å²) in [5.74, 6) is -1.72. The molecule has 11 heteroatoms. The molecule has 1 aromatic rings. The van der Waals surface area contributed by atoms with Crippen molar-refractivity contribution < 1.29 is 19.2 Å². The lowest BCUT2D eigenvalue weighted by atomic mass is 10.1. The quantitative estimate of drug-likeness (QED) is 0.565. The summed E-state index contributed by atoms with van der Waals surface area (Å²) in [6.45, 7) is 0.378. The lowest BCUT2D eigenvalue weighted by molar-refractivity contribution is -0.140. The van der Waals surface area contributed by atoms with E-state index < -0.39 is 35.8 Å². The van der Waals surface area contributed by atoms with Crippen molar-refractivity contribution in [2.24, 2.45) is 15.7 Å². The highest BCUT2D eigenvalue weighted by Gasteiger charge is 2.37. The number of aromatic amines is 1. The molecule has 0 saturated carbocycles. The highest BCUT2D eigenvalue weighted by molar-refractivity contribution is 6.63. The second kappa shape index (κ2) is 7.25. The molecule has 5 amide bonds. The minimum atomic E-state index is -0.977. The Morgan fingerprint density at radius 2 is 2.23 bits per heavy atom. The maximum absolute atomic E-state index is 12.9. The first-order valence-corrected chi connectivity index (χ1v) is 8.00. The first kappa shape index (κ1) is 17.5. The topological polar surface area (TPSA) is 163 Å². The molecule has 2 aliphatic heterocycles. The predicted molar refractivity (Wildman–Crippen MR) is 89.5 cm³/mol. The Hall–Kier alpha value is -3.37. The Morgan fingerprint density at radius 3 is 2.85 bits per heavy atom. The van der Waals surface area contributed by atoms with Gasteiger partial charge in [0.2, 0.25) is 11.8 Å². The van der Waals surface area contributed by atoms with Crippen molar-refractivity contribution in [1.82, 2.24) is 20.2 Å². The number of hydrogen-bond acceptors (Lipinski definition) is 5. The molecule has 4 N–H and O–H groups in total. The summed E-state index contributed by atoms with van der Waals surface area (Å²) in [4.78, 5) is 62.8. The molecule has 3 rings (SSSR count). The van der Waals surface area contributed by atoms with Crippen LogP contribution in [0.2, 0.25) is 0 Å². The van der Waals surface area contributed by atoms with Crippen LogP contribution in [0.25, 0.3) is 0 Å². The molecular weight excluding hydrogens is 342 g/mol. The van der Waals surface area contributed by atoms with Crippen LogP contribution < -0.4 is 11.1 Å². The fourth-order valence-corrected chi connectivity index (χ4v) is 2.96. The highest BCUT2D eigenvalue weighted by atomic mass is 16.2. The van der Waals surface area contributed by atoms with Gasteiger partial charge in [0.1, 0.15) is 12.1 Å². The fourth-order valence-electron chi connectivity index (χ4n) is 2.96. The van der Waals surface area contributed by atoms with Crippen molar-refractivity contribution >= 4 is 35.7 Å².